The molecule has 0 heterocycles. The molecule has 0 amide bonds. The Kier molecular flexibility index (Phi) is 5.60. The van der Waals surface area contributed by atoms with Crippen LogP contribution >= 0.6 is 27.5 Å². The lowest BCUT2D eigenvalue weighted by molar-refractivity contribution is 0.315. The lowest BCUT2D eigenvalue weighted by Gasteiger charge is -2.20. The first-order valence-corrected chi connectivity index (χ1v) is 7.85. The number of benzene rings is 1. The number of oxime groups is 1. The maximum Gasteiger partial charge on any atom is 0.244 e. The number of sulfonamides is 1. The fraction of sp³-hybridized carbons (Fsp3) is 0.300. The molecule has 19 heavy (non-hydrogen) atoms. The molecule has 6 nitrogen and oxygen atoms in total. The van der Waals surface area contributed by atoms with Crippen molar-refractivity contribution in [1.82, 2.24) is 4.31 Å². The Balaban J connectivity index is 3.21. The topological polar surface area (TPSA) is 96.0 Å². The zero-order chi connectivity index (χ0) is 14.6. The van der Waals surface area contributed by atoms with Crippen LogP contribution in [0.25, 0.3) is 0 Å². The minimum Gasteiger partial charge on any atom is -0.409 e. The molecule has 0 radical (unpaired) electrons. The zero-order valence-corrected chi connectivity index (χ0v) is 13.2. The van der Waals surface area contributed by atoms with Gasteiger partial charge in [-0.1, -0.05) is 39.6 Å². The van der Waals surface area contributed by atoms with E-state index in [4.69, 9.17) is 22.5 Å². The first-order chi connectivity index (χ1) is 8.82. The van der Waals surface area contributed by atoms with Gasteiger partial charge in [0.05, 0.1) is 11.6 Å². The van der Waals surface area contributed by atoms with Crippen LogP contribution in [0.15, 0.2) is 32.7 Å². The molecule has 0 fully saturated rings. The first kappa shape index (κ1) is 16.2. The molecular weight excluding hydrogens is 358 g/mol. The number of likely N-dealkylation sites (N-methyl/N-ethyl adjacent to an activating group) is 1. The standard InChI is InChI=1S/C10H13BrClN3O3S/c1-2-15(6-10(13)14-16)19(17,18)9-4-3-7(11)5-8(9)12/h3-5,16H,2,6H2,1H3,(H2,13,14). The molecule has 0 aliphatic heterocycles. The summed E-state index contributed by atoms with van der Waals surface area (Å²) >= 11 is 9.14. The first-order valence-electron chi connectivity index (χ1n) is 5.24. The highest BCUT2D eigenvalue weighted by atomic mass is 79.9. The van der Waals surface area contributed by atoms with E-state index >= 15 is 0 Å². The van der Waals surface area contributed by atoms with E-state index in [1.807, 2.05) is 0 Å². The smallest absolute Gasteiger partial charge is 0.244 e. The predicted molar refractivity (Wildman–Crippen MR) is 77.0 cm³/mol. The predicted octanol–water partition coefficient (Wildman–Crippen LogP) is 1.86. The second kappa shape index (κ2) is 6.56. The molecule has 0 saturated heterocycles. The third-order valence-corrected chi connectivity index (χ3v) is 5.23. The van der Waals surface area contributed by atoms with Crippen LogP contribution in [0.5, 0.6) is 0 Å². The van der Waals surface area contributed by atoms with Gasteiger partial charge in [-0.25, -0.2) is 8.42 Å². The second-order valence-corrected chi connectivity index (χ2v) is 6.83. The van der Waals surface area contributed by atoms with Crippen LogP contribution in [-0.4, -0.2) is 36.9 Å². The molecule has 0 bridgehead atoms. The highest BCUT2D eigenvalue weighted by molar-refractivity contribution is 9.10. The van der Waals surface area contributed by atoms with E-state index in [1.54, 1.807) is 13.0 Å². The second-order valence-electron chi connectivity index (χ2n) is 3.60. The summed E-state index contributed by atoms with van der Waals surface area (Å²) in [6.07, 6.45) is 0. The summed E-state index contributed by atoms with van der Waals surface area (Å²) in [5, 5.41) is 11.4. The quantitative estimate of drug-likeness (QED) is 0.358. The van der Waals surface area contributed by atoms with Gasteiger partial charge in [0.2, 0.25) is 10.0 Å². The van der Waals surface area contributed by atoms with Gasteiger partial charge in [0, 0.05) is 11.0 Å². The fourth-order valence-corrected chi connectivity index (χ4v) is 3.83. The minimum absolute atomic E-state index is 0.0232. The summed E-state index contributed by atoms with van der Waals surface area (Å²) in [6.45, 7) is 1.61. The number of amidine groups is 1. The number of nitrogens with zero attached hydrogens (tertiary/aromatic N) is 2. The van der Waals surface area contributed by atoms with Crippen molar-refractivity contribution in [2.75, 3.05) is 13.1 Å². The largest absolute Gasteiger partial charge is 0.409 e. The van der Waals surface area contributed by atoms with Crippen LogP contribution in [0.1, 0.15) is 6.92 Å². The van der Waals surface area contributed by atoms with Crippen LogP contribution in [-0.2, 0) is 10.0 Å². The highest BCUT2D eigenvalue weighted by Crippen LogP contribution is 2.27. The van der Waals surface area contributed by atoms with Crippen molar-refractivity contribution >= 4 is 43.4 Å². The van der Waals surface area contributed by atoms with E-state index in [0.29, 0.717) is 4.47 Å². The van der Waals surface area contributed by atoms with Crippen molar-refractivity contribution < 1.29 is 13.6 Å². The average molecular weight is 371 g/mol. The summed E-state index contributed by atoms with van der Waals surface area (Å²) in [6, 6.07) is 4.47. The minimum atomic E-state index is -3.80. The van der Waals surface area contributed by atoms with Gasteiger partial charge in [0.25, 0.3) is 0 Å². The monoisotopic (exact) mass is 369 g/mol. The van der Waals surface area contributed by atoms with Gasteiger partial charge < -0.3 is 10.9 Å². The molecule has 0 aliphatic carbocycles. The number of halogens is 2. The molecule has 106 valence electrons. The Morgan fingerprint density at radius 1 is 1.58 bits per heavy atom. The van der Waals surface area contributed by atoms with Crippen LogP contribution in [0, 0.1) is 0 Å². The maximum atomic E-state index is 12.4. The molecule has 1 aromatic carbocycles. The van der Waals surface area contributed by atoms with E-state index in [-0.39, 0.29) is 28.8 Å². The number of nitrogens with two attached hydrogens (primary N) is 1. The van der Waals surface area contributed by atoms with Crippen molar-refractivity contribution in [3.8, 4) is 0 Å². The lowest BCUT2D eigenvalue weighted by atomic mass is 10.4. The van der Waals surface area contributed by atoms with E-state index in [0.717, 1.165) is 4.31 Å². The van der Waals surface area contributed by atoms with E-state index in [1.165, 1.54) is 12.1 Å². The van der Waals surface area contributed by atoms with Crippen LogP contribution in [0.2, 0.25) is 5.02 Å². The van der Waals surface area contributed by atoms with Gasteiger partial charge in [-0.15, -0.1) is 0 Å². The van der Waals surface area contributed by atoms with Crippen LogP contribution < -0.4 is 5.73 Å². The normalized spacial score (nSPS) is 12.9. The van der Waals surface area contributed by atoms with Crippen LogP contribution in [0.3, 0.4) is 0 Å². The summed E-state index contributed by atoms with van der Waals surface area (Å²) in [5.74, 6) is -0.196. The van der Waals surface area contributed by atoms with E-state index in [9.17, 15) is 8.42 Å². The fourth-order valence-electron chi connectivity index (χ4n) is 1.40. The highest BCUT2D eigenvalue weighted by Gasteiger charge is 2.26. The van der Waals surface area contributed by atoms with Gasteiger partial charge in [0.1, 0.15) is 4.90 Å². The zero-order valence-electron chi connectivity index (χ0n) is 10.0. The summed E-state index contributed by atoms with van der Waals surface area (Å²) in [4.78, 5) is -0.0232. The van der Waals surface area contributed by atoms with Crippen molar-refractivity contribution in [3.63, 3.8) is 0 Å². The Morgan fingerprint density at radius 3 is 2.68 bits per heavy atom. The van der Waals surface area contributed by atoms with Crippen LogP contribution in [0.4, 0.5) is 0 Å². The number of rotatable bonds is 5. The molecule has 0 aliphatic rings. The van der Waals surface area contributed by atoms with Gasteiger partial charge in [-0.2, -0.15) is 4.31 Å². The summed E-state index contributed by atoms with van der Waals surface area (Å²) in [5.41, 5.74) is 5.34. The number of hydrogen-bond donors (Lipinski definition) is 2. The van der Waals surface area contributed by atoms with E-state index in [2.05, 4.69) is 21.1 Å². The molecule has 1 rings (SSSR count). The van der Waals surface area contributed by atoms with Crippen molar-refractivity contribution in [2.45, 2.75) is 11.8 Å². The molecular formula is C10H13BrClN3O3S. The summed E-state index contributed by atoms with van der Waals surface area (Å²) in [7, 11) is -3.80. The maximum absolute atomic E-state index is 12.4. The van der Waals surface area contributed by atoms with Crippen molar-refractivity contribution in [3.05, 3.63) is 27.7 Å². The van der Waals surface area contributed by atoms with E-state index < -0.39 is 10.0 Å². The molecule has 9 heteroatoms. The lowest BCUT2D eigenvalue weighted by Crippen LogP contribution is -2.38. The molecule has 3 N–H and O–H groups in total. The van der Waals surface area contributed by atoms with Gasteiger partial charge in [0.15, 0.2) is 5.84 Å². The third-order valence-electron chi connectivity index (χ3n) is 2.33. The third kappa shape index (κ3) is 3.82. The number of hydrogen-bond acceptors (Lipinski definition) is 4. The van der Waals surface area contributed by atoms with Gasteiger partial charge in [-0.3, -0.25) is 0 Å². The molecule has 0 saturated carbocycles. The average Bonchev–Trinajstić information content (AvgIpc) is 2.34. The molecule has 1 aromatic rings. The Hall–Kier alpha value is -0.830. The Bertz CT molecular complexity index is 592. The molecule has 0 unspecified atom stereocenters. The SMILES string of the molecule is CCN(CC(N)=NO)S(=O)(=O)c1ccc(Br)cc1Cl. The van der Waals surface area contributed by atoms with Crippen molar-refractivity contribution in [2.24, 2.45) is 10.9 Å². The van der Waals surface area contributed by atoms with Crippen molar-refractivity contribution in [1.29, 1.82) is 0 Å². The Labute approximate surface area is 125 Å². The molecule has 0 atom stereocenters. The molecule has 0 spiro atoms. The Morgan fingerprint density at radius 2 is 2.21 bits per heavy atom. The summed E-state index contributed by atoms with van der Waals surface area (Å²) < 4.78 is 26.5. The van der Waals surface area contributed by atoms with Gasteiger partial charge in [-0.05, 0) is 18.2 Å². The van der Waals surface area contributed by atoms with Gasteiger partial charge >= 0.3 is 0 Å². The molecule has 0 aromatic heterocycles.